The number of aryl methyl sites for hydroxylation is 1. The molecule has 1 saturated carbocycles. The highest BCUT2D eigenvalue weighted by molar-refractivity contribution is 5.94. The van der Waals surface area contributed by atoms with E-state index >= 15 is 0 Å². The molecule has 2 aromatic heterocycles. The summed E-state index contributed by atoms with van der Waals surface area (Å²) in [4.78, 5) is 21.8. The molecule has 2 aromatic rings. The monoisotopic (exact) mass is 307 g/mol. The van der Waals surface area contributed by atoms with Crippen LogP contribution in [0.15, 0.2) is 17.1 Å². The molecule has 23 heavy (non-hydrogen) atoms. The molecule has 3 heterocycles. The van der Waals surface area contributed by atoms with E-state index in [0.717, 1.165) is 35.4 Å². The summed E-state index contributed by atoms with van der Waals surface area (Å²) in [5.41, 5.74) is 3.45. The number of H-pyrrole nitrogens is 1. The first-order valence-electron chi connectivity index (χ1n) is 8.36. The normalized spacial score (nSPS) is 19.6. The molecule has 0 unspecified atom stereocenters. The SMILES string of the molecule is C#Cc1c(N2CCC3(CCC3)CC2)c2cc(C)ncc2[nH]c1=O. The smallest absolute Gasteiger partial charge is 0.266 e. The van der Waals surface area contributed by atoms with E-state index in [1.807, 2.05) is 13.0 Å². The molecule has 118 valence electrons. The number of pyridine rings is 2. The van der Waals surface area contributed by atoms with Crippen LogP contribution < -0.4 is 10.5 Å². The number of hydrogen-bond donors (Lipinski definition) is 1. The molecule has 4 heteroatoms. The van der Waals surface area contributed by atoms with Gasteiger partial charge in [0, 0.05) is 24.2 Å². The molecule has 1 aliphatic carbocycles. The van der Waals surface area contributed by atoms with Crippen molar-refractivity contribution in [2.75, 3.05) is 18.0 Å². The molecule has 0 radical (unpaired) electrons. The quantitative estimate of drug-likeness (QED) is 0.824. The number of terminal acetylenes is 1. The standard InChI is InChI=1S/C19H21N3O/c1-3-14-17(22-9-7-19(8-10-22)5-4-6-19)15-11-13(2)20-12-16(15)21-18(14)23/h1,11-12H,4-10H2,2H3,(H,21,23). The lowest BCUT2D eigenvalue weighted by Crippen LogP contribution is -2.44. The van der Waals surface area contributed by atoms with Crippen LogP contribution in [0.4, 0.5) is 5.69 Å². The Morgan fingerprint density at radius 2 is 2.04 bits per heavy atom. The molecule has 4 rings (SSSR count). The lowest BCUT2D eigenvalue weighted by atomic mass is 9.63. The Hall–Kier alpha value is -2.28. The Morgan fingerprint density at radius 3 is 2.65 bits per heavy atom. The van der Waals surface area contributed by atoms with Gasteiger partial charge in [-0.25, -0.2) is 0 Å². The first kappa shape index (κ1) is 14.3. The largest absolute Gasteiger partial charge is 0.370 e. The molecule has 2 fully saturated rings. The van der Waals surface area contributed by atoms with Crippen LogP contribution in [0, 0.1) is 24.7 Å². The molecule has 1 N–H and O–H groups in total. The molecule has 0 bridgehead atoms. The van der Waals surface area contributed by atoms with Crippen molar-refractivity contribution >= 4 is 16.6 Å². The maximum atomic E-state index is 12.4. The summed E-state index contributed by atoms with van der Waals surface area (Å²) in [7, 11) is 0. The van der Waals surface area contributed by atoms with E-state index in [2.05, 4.69) is 20.8 Å². The van der Waals surface area contributed by atoms with Crippen LogP contribution in [-0.2, 0) is 0 Å². The summed E-state index contributed by atoms with van der Waals surface area (Å²) in [5, 5.41) is 1.01. The van der Waals surface area contributed by atoms with Gasteiger partial charge in [-0.05, 0) is 44.1 Å². The lowest BCUT2D eigenvalue weighted by molar-refractivity contribution is 0.0956. The molecule has 2 aliphatic rings. The number of aromatic amines is 1. The minimum atomic E-state index is -0.190. The van der Waals surface area contributed by atoms with Crippen molar-refractivity contribution in [3.63, 3.8) is 0 Å². The Bertz CT molecular complexity index is 861. The number of rotatable bonds is 1. The van der Waals surface area contributed by atoms with Gasteiger partial charge in [0.05, 0.1) is 17.4 Å². The summed E-state index contributed by atoms with van der Waals surface area (Å²) >= 11 is 0. The first-order valence-corrected chi connectivity index (χ1v) is 8.36. The second kappa shape index (κ2) is 5.13. The summed E-state index contributed by atoms with van der Waals surface area (Å²) in [6, 6.07) is 2.02. The molecule has 1 aliphatic heterocycles. The molecular formula is C19H21N3O. The number of nitrogens with one attached hydrogen (secondary N) is 1. The topological polar surface area (TPSA) is 49.0 Å². The molecule has 1 saturated heterocycles. The number of piperidine rings is 1. The van der Waals surface area contributed by atoms with E-state index in [1.165, 1.54) is 32.1 Å². The van der Waals surface area contributed by atoms with E-state index in [0.29, 0.717) is 11.0 Å². The molecule has 0 aromatic carbocycles. The average Bonchev–Trinajstić information content (AvgIpc) is 2.53. The lowest BCUT2D eigenvalue weighted by Gasteiger charge is -2.48. The minimum Gasteiger partial charge on any atom is -0.370 e. The Labute approximate surface area is 135 Å². The number of aromatic nitrogens is 2. The highest BCUT2D eigenvalue weighted by atomic mass is 16.1. The first-order chi connectivity index (χ1) is 11.1. The maximum absolute atomic E-state index is 12.4. The predicted octanol–water partition coefficient (Wildman–Crippen LogP) is 2.98. The van der Waals surface area contributed by atoms with Gasteiger partial charge in [-0.15, -0.1) is 6.42 Å². The van der Waals surface area contributed by atoms with Crippen LogP contribution in [-0.4, -0.2) is 23.1 Å². The van der Waals surface area contributed by atoms with Crippen LogP contribution >= 0.6 is 0 Å². The zero-order valence-corrected chi connectivity index (χ0v) is 13.5. The van der Waals surface area contributed by atoms with Gasteiger partial charge in [-0.1, -0.05) is 12.3 Å². The Kier molecular flexibility index (Phi) is 3.19. The van der Waals surface area contributed by atoms with Gasteiger partial charge in [0.15, 0.2) is 0 Å². The van der Waals surface area contributed by atoms with Crippen molar-refractivity contribution in [2.45, 2.75) is 39.0 Å². The number of fused-ring (bicyclic) bond motifs is 1. The molecule has 4 nitrogen and oxygen atoms in total. The summed E-state index contributed by atoms with van der Waals surface area (Å²) in [6.45, 7) is 3.92. The van der Waals surface area contributed by atoms with Crippen molar-refractivity contribution in [3.05, 3.63) is 33.9 Å². The molecule has 0 atom stereocenters. The van der Waals surface area contributed by atoms with E-state index in [9.17, 15) is 4.79 Å². The van der Waals surface area contributed by atoms with Crippen LogP contribution in [0.1, 0.15) is 43.4 Å². The minimum absolute atomic E-state index is 0.190. The zero-order valence-electron chi connectivity index (χ0n) is 13.5. The van der Waals surface area contributed by atoms with Crippen LogP contribution in [0.3, 0.4) is 0 Å². The molecule has 1 spiro atoms. The van der Waals surface area contributed by atoms with Crippen molar-refractivity contribution in [3.8, 4) is 12.3 Å². The van der Waals surface area contributed by atoms with Crippen molar-refractivity contribution in [2.24, 2.45) is 5.41 Å². The highest BCUT2D eigenvalue weighted by Crippen LogP contribution is 2.49. The molecular weight excluding hydrogens is 286 g/mol. The molecule has 0 amide bonds. The van der Waals surface area contributed by atoms with Crippen LogP contribution in [0.25, 0.3) is 10.9 Å². The van der Waals surface area contributed by atoms with Gasteiger partial charge in [-0.2, -0.15) is 0 Å². The van der Waals surface area contributed by atoms with E-state index in [-0.39, 0.29) is 5.56 Å². The van der Waals surface area contributed by atoms with Gasteiger partial charge in [-0.3, -0.25) is 9.78 Å². The van der Waals surface area contributed by atoms with E-state index in [4.69, 9.17) is 6.42 Å². The Balaban J connectivity index is 1.83. The average molecular weight is 307 g/mol. The van der Waals surface area contributed by atoms with E-state index < -0.39 is 0 Å². The third-order valence-corrected chi connectivity index (χ3v) is 5.71. The fourth-order valence-electron chi connectivity index (χ4n) is 4.13. The van der Waals surface area contributed by atoms with Crippen molar-refractivity contribution in [1.82, 2.24) is 9.97 Å². The van der Waals surface area contributed by atoms with Gasteiger partial charge < -0.3 is 9.88 Å². The van der Waals surface area contributed by atoms with Crippen molar-refractivity contribution in [1.29, 1.82) is 0 Å². The number of anilines is 1. The second-order valence-electron chi connectivity index (χ2n) is 7.03. The second-order valence-corrected chi connectivity index (χ2v) is 7.03. The fraction of sp³-hybridized carbons (Fsp3) is 0.474. The van der Waals surface area contributed by atoms with E-state index in [1.54, 1.807) is 6.20 Å². The zero-order chi connectivity index (χ0) is 16.0. The van der Waals surface area contributed by atoms with Gasteiger partial charge in [0.1, 0.15) is 5.56 Å². The fourth-order valence-corrected chi connectivity index (χ4v) is 4.13. The number of nitrogens with zero attached hydrogens (tertiary/aromatic N) is 2. The summed E-state index contributed by atoms with van der Waals surface area (Å²) in [6.07, 6.45) is 13.9. The Morgan fingerprint density at radius 1 is 1.30 bits per heavy atom. The van der Waals surface area contributed by atoms with Crippen LogP contribution in [0.2, 0.25) is 0 Å². The number of hydrogen-bond acceptors (Lipinski definition) is 3. The van der Waals surface area contributed by atoms with Crippen LogP contribution in [0.5, 0.6) is 0 Å². The third kappa shape index (κ3) is 2.23. The maximum Gasteiger partial charge on any atom is 0.266 e. The predicted molar refractivity (Wildman–Crippen MR) is 92.8 cm³/mol. The summed E-state index contributed by atoms with van der Waals surface area (Å²) in [5.74, 6) is 2.62. The van der Waals surface area contributed by atoms with Gasteiger partial charge >= 0.3 is 0 Å². The van der Waals surface area contributed by atoms with Crippen molar-refractivity contribution < 1.29 is 0 Å². The highest BCUT2D eigenvalue weighted by Gasteiger charge is 2.40. The van der Waals surface area contributed by atoms with Gasteiger partial charge in [0.2, 0.25) is 0 Å². The van der Waals surface area contributed by atoms with Gasteiger partial charge in [0.25, 0.3) is 5.56 Å². The third-order valence-electron chi connectivity index (χ3n) is 5.71. The summed E-state index contributed by atoms with van der Waals surface area (Å²) < 4.78 is 0.